The second kappa shape index (κ2) is 5.60. The van der Waals surface area contributed by atoms with Crippen LogP contribution in [-0.4, -0.2) is 55.3 Å². The van der Waals surface area contributed by atoms with Crippen LogP contribution in [0.5, 0.6) is 0 Å². The topological polar surface area (TPSA) is 67.9 Å². The molecule has 2 saturated heterocycles. The van der Waals surface area contributed by atoms with Crippen LogP contribution in [0.4, 0.5) is 4.79 Å². The normalized spacial score (nSPS) is 29.8. The number of hydrogen-bond donors (Lipinski definition) is 1. The molecule has 1 amide bonds. The third kappa shape index (κ3) is 3.23. The second-order valence-corrected chi connectivity index (χ2v) is 6.62. The Kier molecular flexibility index (Phi) is 4.22. The summed E-state index contributed by atoms with van der Waals surface area (Å²) >= 11 is 0. The third-order valence-electron chi connectivity index (χ3n) is 3.78. The highest BCUT2D eigenvalue weighted by atomic mass is 16.6. The van der Waals surface area contributed by atoms with Crippen LogP contribution in [0.25, 0.3) is 0 Å². The van der Waals surface area contributed by atoms with Gasteiger partial charge in [0.1, 0.15) is 11.6 Å². The van der Waals surface area contributed by atoms with Crippen molar-refractivity contribution in [2.24, 2.45) is 11.8 Å². The monoisotopic (exact) mass is 284 g/mol. The predicted molar refractivity (Wildman–Crippen MR) is 73.2 cm³/mol. The number of carbonyl (C=O) groups is 2. The van der Waals surface area contributed by atoms with Gasteiger partial charge in [-0.1, -0.05) is 0 Å². The Labute approximate surface area is 119 Å². The fraction of sp³-hybridized carbons (Fsp3) is 0.857. The Morgan fingerprint density at radius 1 is 1.25 bits per heavy atom. The molecule has 2 fully saturated rings. The van der Waals surface area contributed by atoms with E-state index in [1.807, 2.05) is 20.8 Å². The molecule has 6 heteroatoms. The van der Waals surface area contributed by atoms with Crippen LogP contribution in [0.15, 0.2) is 0 Å². The van der Waals surface area contributed by atoms with E-state index >= 15 is 0 Å². The highest BCUT2D eigenvalue weighted by Gasteiger charge is 2.46. The minimum Gasteiger partial charge on any atom is -0.467 e. The standard InChI is InChI=1S/C14H24N2O4/c1-14(2,3)20-13(18)16-8-9-5-10(7-15-6-9)11(16)12(17)19-4/h9-11,15H,5-8H2,1-4H3. The van der Waals surface area contributed by atoms with Crippen molar-refractivity contribution in [1.82, 2.24) is 10.2 Å². The largest absolute Gasteiger partial charge is 0.467 e. The summed E-state index contributed by atoms with van der Waals surface area (Å²) in [5.41, 5.74) is -0.567. The first kappa shape index (κ1) is 15.1. The highest BCUT2D eigenvalue weighted by molar-refractivity contribution is 5.82. The summed E-state index contributed by atoms with van der Waals surface area (Å²) in [5.74, 6) is 0.118. The molecular weight excluding hydrogens is 260 g/mol. The molecule has 20 heavy (non-hydrogen) atoms. The Balaban J connectivity index is 2.18. The Hall–Kier alpha value is -1.30. The number of esters is 1. The van der Waals surface area contributed by atoms with Crippen molar-refractivity contribution < 1.29 is 19.1 Å². The van der Waals surface area contributed by atoms with Crippen LogP contribution in [0, 0.1) is 11.8 Å². The van der Waals surface area contributed by atoms with E-state index in [9.17, 15) is 9.59 Å². The fourth-order valence-corrected chi connectivity index (χ4v) is 3.04. The maximum absolute atomic E-state index is 12.4. The molecule has 0 aliphatic carbocycles. The summed E-state index contributed by atoms with van der Waals surface area (Å²) in [7, 11) is 1.36. The maximum Gasteiger partial charge on any atom is 0.411 e. The lowest BCUT2D eigenvalue weighted by atomic mass is 9.80. The number of piperidine rings is 2. The summed E-state index contributed by atoms with van der Waals surface area (Å²) in [5, 5.41) is 3.32. The first-order chi connectivity index (χ1) is 9.31. The summed E-state index contributed by atoms with van der Waals surface area (Å²) in [4.78, 5) is 26.0. The van der Waals surface area contributed by atoms with Gasteiger partial charge in [-0.25, -0.2) is 9.59 Å². The van der Waals surface area contributed by atoms with Crippen molar-refractivity contribution in [2.75, 3.05) is 26.7 Å². The number of nitrogens with zero attached hydrogens (tertiary/aromatic N) is 1. The van der Waals surface area contributed by atoms with Gasteiger partial charge in [0, 0.05) is 19.0 Å². The van der Waals surface area contributed by atoms with Gasteiger partial charge in [-0.15, -0.1) is 0 Å². The van der Waals surface area contributed by atoms with E-state index in [0.29, 0.717) is 12.5 Å². The van der Waals surface area contributed by atoms with E-state index in [1.165, 1.54) is 7.11 Å². The Bertz CT molecular complexity index is 391. The number of ether oxygens (including phenoxy) is 2. The summed E-state index contributed by atoms with van der Waals surface area (Å²) < 4.78 is 10.3. The smallest absolute Gasteiger partial charge is 0.411 e. The van der Waals surface area contributed by atoms with Gasteiger partial charge in [0.25, 0.3) is 0 Å². The summed E-state index contributed by atoms with van der Waals surface area (Å²) in [6.07, 6.45) is 0.524. The van der Waals surface area contributed by atoms with Crippen molar-refractivity contribution in [2.45, 2.75) is 38.8 Å². The van der Waals surface area contributed by atoms with E-state index < -0.39 is 17.7 Å². The fourth-order valence-electron chi connectivity index (χ4n) is 3.04. The van der Waals surface area contributed by atoms with Crippen LogP contribution in [0.1, 0.15) is 27.2 Å². The van der Waals surface area contributed by atoms with Gasteiger partial charge in [-0.2, -0.15) is 0 Å². The molecule has 0 spiro atoms. The van der Waals surface area contributed by atoms with Gasteiger partial charge in [0.2, 0.25) is 0 Å². The first-order valence-electron chi connectivity index (χ1n) is 7.10. The van der Waals surface area contributed by atoms with Crippen LogP contribution >= 0.6 is 0 Å². The second-order valence-electron chi connectivity index (χ2n) is 6.62. The van der Waals surface area contributed by atoms with Gasteiger partial charge >= 0.3 is 12.1 Å². The van der Waals surface area contributed by atoms with Crippen LogP contribution < -0.4 is 5.32 Å². The lowest BCUT2D eigenvalue weighted by molar-refractivity contribution is -0.152. The number of carbonyl (C=O) groups excluding carboxylic acids is 2. The molecule has 2 rings (SSSR count). The number of fused-ring (bicyclic) bond motifs is 2. The van der Waals surface area contributed by atoms with E-state index in [1.54, 1.807) is 4.90 Å². The SMILES string of the molecule is COC(=O)C1C2CNCC(C2)CN1C(=O)OC(C)(C)C. The van der Waals surface area contributed by atoms with Gasteiger partial charge in [0.05, 0.1) is 7.11 Å². The first-order valence-corrected chi connectivity index (χ1v) is 7.10. The van der Waals surface area contributed by atoms with Gasteiger partial charge in [0.15, 0.2) is 0 Å². The predicted octanol–water partition coefficient (Wildman–Crippen LogP) is 1.00. The average Bonchev–Trinajstić information content (AvgIpc) is 2.35. The number of rotatable bonds is 1. The van der Waals surface area contributed by atoms with Crippen LogP contribution in [-0.2, 0) is 14.3 Å². The number of likely N-dealkylation sites (tertiary alicyclic amines) is 1. The van der Waals surface area contributed by atoms with Crippen LogP contribution in [0.3, 0.4) is 0 Å². The van der Waals surface area contributed by atoms with Crippen LogP contribution in [0.2, 0.25) is 0 Å². The molecular formula is C14H24N2O4. The minimum atomic E-state index is -0.567. The van der Waals surface area contributed by atoms with Gasteiger partial charge < -0.3 is 14.8 Å². The molecule has 2 heterocycles. The number of nitrogens with one attached hydrogen (secondary N) is 1. The summed E-state index contributed by atoms with van der Waals surface area (Å²) in [6, 6.07) is -0.543. The molecule has 0 aromatic rings. The van der Waals surface area contributed by atoms with Crippen molar-refractivity contribution in [3.8, 4) is 0 Å². The zero-order valence-electron chi connectivity index (χ0n) is 12.6. The van der Waals surface area contributed by atoms with Gasteiger partial charge in [-0.05, 0) is 39.7 Å². The molecule has 0 saturated carbocycles. The maximum atomic E-state index is 12.4. The molecule has 2 aliphatic heterocycles. The Morgan fingerprint density at radius 2 is 1.95 bits per heavy atom. The van der Waals surface area contributed by atoms with E-state index in [2.05, 4.69) is 5.32 Å². The molecule has 0 aromatic heterocycles. The average molecular weight is 284 g/mol. The number of methoxy groups -OCH3 is 1. The zero-order valence-corrected chi connectivity index (χ0v) is 12.6. The quantitative estimate of drug-likeness (QED) is 0.728. The number of hydrogen-bond acceptors (Lipinski definition) is 5. The third-order valence-corrected chi connectivity index (χ3v) is 3.78. The minimum absolute atomic E-state index is 0.0995. The molecule has 1 N–H and O–H groups in total. The van der Waals surface area contributed by atoms with Gasteiger partial charge in [-0.3, -0.25) is 4.90 Å². The van der Waals surface area contributed by atoms with Crippen molar-refractivity contribution in [3.05, 3.63) is 0 Å². The molecule has 2 aliphatic rings. The molecule has 3 unspecified atom stereocenters. The van der Waals surface area contributed by atoms with Crippen molar-refractivity contribution in [1.29, 1.82) is 0 Å². The molecule has 3 atom stereocenters. The van der Waals surface area contributed by atoms with Crippen molar-refractivity contribution in [3.63, 3.8) is 0 Å². The molecule has 0 aromatic carbocycles. The van der Waals surface area contributed by atoms with Crippen molar-refractivity contribution >= 4 is 12.1 Å². The molecule has 2 bridgehead atoms. The summed E-state index contributed by atoms with van der Waals surface area (Å²) in [6.45, 7) is 7.62. The lowest BCUT2D eigenvalue weighted by Gasteiger charge is -2.46. The molecule has 0 radical (unpaired) electrons. The molecule has 114 valence electrons. The van der Waals surface area contributed by atoms with E-state index in [4.69, 9.17) is 9.47 Å². The van der Waals surface area contributed by atoms with E-state index in [0.717, 1.165) is 19.5 Å². The molecule has 6 nitrogen and oxygen atoms in total. The Morgan fingerprint density at radius 3 is 2.55 bits per heavy atom. The number of amides is 1. The zero-order chi connectivity index (χ0) is 14.9. The van der Waals surface area contributed by atoms with E-state index in [-0.39, 0.29) is 11.9 Å². The lowest BCUT2D eigenvalue weighted by Crippen LogP contribution is -2.61. The highest BCUT2D eigenvalue weighted by Crippen LogP contribution is 2.31.